The van der Waals surface area contributed by atoms with E-state index in [1.807, 2.05) is 0 Å². The predicted octanol–water partition coefficient (Wildman–Crippen LogP) is 0.643. The summed E-state index contributed by atoms with van der Waals surface area (Å²) >= 11 is 0. The zero-order valence-electron chi connectivity index (χ0n) is 13.6. The molecule has 0 saturated carbocycles. The summed E-state index contributed by atoms with van der Waals surface area (Å²) in [5, 5.41) is 0. The molecule has 2 atom stereocenters. The van der Waals surface area contributed by atoms with Crippen molar-refractivity contribution in [2.75, 3.05) is 28.4 Å². The Hall–Kier alpha value is -0.513. The first-order valence-electron chi connectivity index (χ1n) is 7.16. The third-order valence-electron chi connectivity index (χ3n) is 3.56. The highest BCUT2D eigenvalue weighted by molar-refractivity contribution is 6.60. The molecule has 0 saturated heterocycles. The van der Waals surface area contributed by atoms with Gasteiger partial charge in [-0.05, 0) is 25.7 Å². The average Bonchev–Trinajstić information content (AvgIpc) is 2.50. The fraction of sp³-hybridized carbons (Fsp3) is 0.923. The first-order valence-corrected chi connectivity index (χ1v) is 9.09. The zero-order chi connectivity index (χ0) is 16.3. The van der Waals surface area contributed by atoms with Crippen molar-refractivity contribution in [2.45, 2.75) is 50.2 Å². The highest BCUT2D eigenvalue weighted by atomic mass is 28.4. The van der Waals surface area contributed by atoms with Crippen LogP contribution in [-0.4, -0.2) is 55.3 Å². The van der Waals surface area contributed by atoms with Gasteiger partial charge in [0.2, 0.25) is 0 Å². The van der Waals surface area contributed by atoms with Gasteiger partial charge < -0.3 is 29.5 Å². The number of ether oxygens (including phenoxy) is 1. The Morgan fingerprint density at radius 1 is 0.952 bits per heavy atom. The van der Waals surface area contributed by atoms with Gasteiger partial charge in [0.05, 0.1) is 13.5 Å². The second-order valence-electron chi connectivity index (χ2n) is 5.07. The fourth-order valence-corrected chi connectivity index (χ4v) is 3.86. The number of methoxy groups -OCH3 is 1. The van der Waals surface area contributed by atoms with Gasteiger partial charge in [0.15, 0.2) is 0 Å². The van der Waals surface area contributed by atoms with Gasteiger partial charge in [-0.3, -0.25) is 4.79 Å². The summed E-state index contributed by atoms with van der Waals surface area (Å²) in [4.78, 5) is 11.1. The first kappa shape index (κ1) is 20.5. The zero-order valence-corrected chi connectivity index (χ0v) is 14.6. The summed E-state index contributed by atoms with van der Waals surface area (Å²) in [6, 6.07) is 0.582. The molecular weight excluding hydrogens is 292 g/mol. The van der Waals surface area contributed by atoms with E-state index in [0.29, 0.717) is 6.42 Å². The quantitative estimate of drug-likeness (QED) is 0.401. The minimum absolute atomic E-state index is 0.0472. The van der Waals surface area contributed by atoms with Crippen molar-refractivity contribution >= 4 is 14.8 Å². The summed E-state index contributed by atoms with van der Waals surface area (Å²) in [6.45, 7) is 0. The molecule has 0 aliphatic carbocycles. The lowest BCUT2D eigenvalue weighted by Gasteiger charge is -2.24. The van der Waals surface area contributed by atoms with Crippen LogP contribution in [0.5, 0.6) is 0 Å². The maximum absolute atomic E-state index is 11.1. The largest absolute Gasteiger partial charge is 0.500 e. The fourth-order valence-electron chi connectivity index (χ4n) is 2.11. The number of rotatable bonds is 12. The smallest absolute Gasteiger partial charge is 0.469 e. The Labute approximate surface area is 128 Å². The molecule has 0 amide bonds. The Balaban J connectivity index is 3.90. The van der Waals surface area contributed by atoms with Gasteiger partial charge in [-0.15, -0.1) is 0 Å². The van der Waals surface area contributed by atoms with Crippen LogP contribution >= 0.6 is 0 Å². The maximum Gasteiger partial charge on any atom is 0.500 e. The van der Waals surface area contributed by atoms with Gasteiger partial charge in [-0.2, -0.15) is 0 Å². The normalized spacial score (nSPS) is 14.8. The van der Waals surface area contributed by atoms with Crippen LogP contribution in [0, 0.1) is 0 Å². The van der Waals surface area contributed by atoms with Crippen molar-refractivity contribution in [2.24, 2.45) is 11.5 Å². The molecule has 7 nitrogen and oxygen atoms in total. The topological polar surface area (TPSA) is 106 Å². The van der Waals surface area contributed by atoms with Gasteiger partial charge in [-0.25, -0.2) is 0 Å². The number of carbonyl (C=O) groups excluding carboxylic acids is 1. The number of esters is 1. The van der Waals surface area contributed by atoms with E-state index in [1.165, 1.54) is 7.11 Å². The number of hydrogen-bond donors (Lipinski definition) is 2. The summed E-state index contributed by atoms with van der Waals surface area (Å²) in [6.07, 6.45) is 3.43. The van der Waals surface area contributed by atoms with Gasteiger partial charge >= 0.3 is 14.8 Å². The Kier molecular flexibility index (Phi) is 10.8. The van der Waals surface area contributed by atoms with Crippen LogP contribution in [-0.2, 0) is 22.8 Å². The van der Waals surface area contributed by atoms with Gasteiger partial charge in [0, 0.05) is 39.5 Å². The van der Waals surface area contributed by atoms with Crippen LogP contribution in [0.2, 0.25) is 6.04 Å². The Bertz CT molecular complexity index is 281. The molecular formula is C13H30N2O5Si. The summed E-state index contributed by atoms with van der Waals surface area (Å²) in [7, 11) is 3.67. The predicted molar refractivity (Wildman–Crippen MR) is 82.6 cm³/mol. The van der Waals surface area contributed by atoms with Crippen molar-refractivity contribution in [1.29, 1.82) is 0 Å². The number of carbonyl (C=O) groups is 1. The number of hydrogen-bond acceptors (Lipinski definition) is 7. The second kappa shape index (κ2) is 11.1. The molecule has 126 valence electrons. The van der Waals surface area contributed by atoms with E-state index in [0.717, 1.165) is 25.3 Å². The molecule has 2 unspecified atom stereocenters. The lowest BCUT2D eigenvalue weighted by Crippen LogP contribution is -2.42. The van der Waals surface area contributed by atoms with E-state index in [9.17, 15) is 4.79 Å². The summed E-state index contributed by atoms with van der Waals surface area (Å²) in [5.74, 6) is -0.285. The van der Waals surface area contributed by atoms with Crippen LogP contribution in [0.25, 0.3) is 0 Å². The molecule has 0 heterocycles. The van der Waals surface area contributed by atoms with E-state index >= 15 is 0 Å². The standard InChI is InChI=1S/C13H30N2O5Si/c1-17-13(16)10-12(15)8-7-11(14)6-5-9-21(18-2,19-3)20-4/h11-12H,5-10,14-15H2,1-4H3. The minimum Gasteiger partial charge on any atom is -0.469 e. The highest BCUT2D eigenvalue weighted by Gasteiger charge is 2.36. The van der Waals surface area contributed by atoms with Crippen molar-refractivity contribution in [3.05, 3.63) is 0 Å². The first-order chi connectivity index (χ1) is 9.92. The monoisotopic (exact) mass is 322 g/mol. The molecule has 8 heteroatoms. The molecule has 0 radical (unpaired) electrons. The average molecular weight is 322 g/mol. The molecule has 0 aromatic rings. The molecule has 0 aromatic carbocycles. The number of nitrogens with two attached hydrogens (primary N) is 2. The van der Waals surface area contributed by atoms with E-state index in [1.54, 1.807) is 21.3 Å². The van der Waals surface area contributed by atoms with E-state index < -0.39 is 8.80 Å². The van der Waals surface area contributed by atoms with Crippen LogP contribution in [0.15, 0.2) is 0 Å². The Morgan fingerprint density at radius 3 is 1.95 bits per heavy atom. The van der Waals surface area contributed by atoms with E-state index in [2.05, 4.69) is 4.74 Å². The Morgan fingerprint density at radius 2 is 1.48 bits per heavy atom. The third-order valence-corrected chi connectivity index (χ3v) is 6.39. The van der Waals surface area contributed by atoms with Crippen LogP contribution in [0.3, 0.4) is 0 Å². The van der Waals surface area contributed by atoms with Gasteiger partial charge in [0.25, 0.3) is 0 Å². The molecule has 0 aliphatic heterocycles. The SMILES string of the molecule is COC(=O)CC(N)CCC(N)CCC[Si](OC)(OC)OC. The molecule has 0 bridgehead atoms. The lowest BCUT2D eigenvalue weighted by atomic mass is 10.0. The van der Waals surface area contributed by atoms with Crippen molar-refractivity contribution in [3.63, 3.8) is 0 Å². The third kappa shape index (κ3) is 8.49. The second-order valence-corrected chi connectivity index (χ2v) is 8.16. The highest BCUT2D eigenvalue weighted by Crippen LogP contribution is 2.18. The van der Waals surface area contributed by atoms with E-state index in [-0.39, 0.29) is 24.5 Å². The summed E-state index contributed by atoms with van der Waals surface area (Å²) < 4.78 is 20.6. The van der Waals surface area contributed by atoms with Gasteiger partial charge in [-0.1, -0.05) is 0 Å². The van der Waals surface area contributed by atoms with Crippen LogP contribution in [0.4, 0.5) is 0 Å². The molecule has 0 aromatic heterocycles. The lowest BCUT2D eigenvalue weighted by molar-refractivity contribution is -0.141. The van der Waals surface area contributed by atoms with Crippen molar-refractivity contribution in [1.82, 2.24) is 0 Å². The molecule has 0 rings (SSSR count). The minimum atomic E-state index is -2.50. The molecule has 0 spiro atoms. The molecule has 4 N–H and O–H groups in total. The van der Waals surface area contributed by atoms with E-state index in [4.69, 9.17) is 24.7 Å². The summed E-state index contributed by atoms with van der Waals surface area (Å²) in [5.41, 5.74) is 11.9. The molecule has 0 fully saturated rings. The van der Waals surface area contributed by atoms with Crippen molar-refractivity contribution < 1.29 is 22.8 Å². The molecule has 0 aliphatic rings. The maximum atomic E-state index is 11.1. The van der Waals surface area contributed by atoms with Crippen LogP contribution < -0.4 is 11.5 Å². The van der Waals surface area contributed by atoms with Gasteiger partial charge in [0.1, 0.15) is 0 Å². The van der Waals surface area contributed by atoms with Crippen LogP contribution in [0.1, 0.15) is 32.1 Å². The molecule has 21 heavy (non-hydrogen) atoms. The van der Waals surface area contributed by atoms with Crippen molar-refractivity contribution in [3.8, 4) is 0 Å².